The third kappa shape index (κ3) is 7.28. The summed E-state index contributed by atoms with van der Waals surface area (Å²) in [5, 5.41) is 2.77. The fraction of sp³-hybridized carbons (Fsp3) is 0.440. The Bertz CT molecular complexity index is 1060. The molecule has 0 aliphatic carbocycles. The molecule has 0 unspecified atom stereocenters. The number of anilines is 2. The van der Waals surface area contributed by atoms with Crippen LogP contribution in [0.5, 0.6) is 0 Å². The second-order valence-corrected chi connectivity index (χ2v) is 10.5. The maximum Gasteiger partial charge on any atom is 0.425 e. The van der Waals surface area contributed by atoms with Crippen molar-refractivity contribution in [3.05, 3.63) is 40.5 Å². The van der Waals surface area contributed by atoms with E-state index in [1.165, 1.54) is 6.92 Å². The molecule has 0 saturated heterocycles. The number of pyridine rings is 1. The summed E-state index contributed by atoms with van der Waals surface area (Å²) in [5.41, 5.74) is 1.42. The van der Waals surface area contributed by atoms with Gasteiger partial charge in [-0.05, 0) is 87.2 Å². The summed E-state index contributed by atoms with van der Waals surface area (Å²) in [6.07, 6.45) is 0.384. The van der Waals surface area contributed by atoms with E-state index in [-0.39, 0.29) is 11.7 Å². The molecule has 1 aromatic carbocycles. The average molecular weight is 535 g/mol. The minimum Gasteiger partial charge on any atom is -0.443 e. The van der Waals surface area contributed by atoms with Crippen molar-refractivity contribution in [2.75, 3.05) is 10.2 Å². The largest absolute Gasteiger partial charge is 0.443 e. The molecule has 8 nitrogen and oxygen atoms in total. The minimum atomic E-state index is -0.891. The summed E-state index contributed by atoms with van der Waals surface area (Å²) in [5.74, 6) is -0.102. The highest BCUT2D eigenvalue weighted by Gasteiger charge is 2.35. The van der Waals surface area contributed by atoms with Crippen molar-refractivity contribution in [1.82, 2.24) is 4.98 Å². The third-order valence-electron chi connectivity index (χ3n) is 4.31. The van der Waals surface area contributed by atoms with Crippen LogP contribution in [0.2, 0.25) is 0 Å². The van der Waals surface area contributed by atoms with Gasteiger partial charge in [-0.2, -0.15) is 4.90 Å². The first-order valence-electron chi connectivity index (χ1n) is 10.9. The van der Waals surface area contributed by atoms with Crippen LogP contribution >= 0.6 is 15.9 Å². The Morgan fingerprint density at radius 2 is 1.59 bits per heavy atom. The van der Waals surface area contributed by atoms with Gasteiger partial charge in [0.15, 0.2) is 5.82 Å². The number of hydrogen-bond donors (Lipinski definition) is 1. The molecular formula is C25H32BrN3O5. The number of carbonyl (C=O) groups excluding carboxylic acids is 3. The van der Waals surface area contributed by atoms with Crippen LogP contribution in [-0.2, 0) is 20.7 Å². The van der Waals surface area contributed by atoms with Crippen LogP contribution in [-0.4, -0.2) is 34.3 Å². The fourth-order valence-electron chi connectivity index (χ4n) is 3.09. The number of halogens is 1. The molecule has 184 valence electrons. The number of benzene rings is 1. The van der Waals surface area contributed by atoms with E-state index in [9.17, 15) is 14.4 Å². The SMILES string of the molecule is CCc1c(-c2cccc(N[13C](C)=O)c2)cnc(N(C(=O)OC(C)(C)C)C(=O)OC(C)(C)C)c1Br. The zero-order valence-electron chi connectivity index (χ0n) is 20.9. The van der Waals surface area contributed by atoms with Crippen molar-refractivity contribution in [1.29, 1.82) is 0 Å². The topological polar surface area (TPSA) is 97.8 Å². The van der Waals surface area contributed by atoms with Gasteiger partial charge >= 0.3 is 12.2 Å². The lowest BCUT2D eigenvalue weighted by Crippen LogP contribution is -2.44. The summed E-state index contributed by atoms with van der Waals surface area (Å²) in [4.78, 5) is 42.8. The second-order valence-electron chi connectivity index (χ2n) is 9.70. The molecular weight excluding hydrogens is 503 g/mol. The molecule has 2 rings (SSSR count). The number of imide groups is 1. The number of amides is 3. The number of aromatic nitrogens is 1. The van der Waals surface area contributed by atoms with E-state index in [1.54, 1.807) is 53.8 Å². The standard InChI is InChI=1S/C25H32BrN3O5/c1-9-18-19(16-11-10-12-17(13-16)28-15(2)30)14-27-21(20(18)26)29(22(31)33-24(3,4)5)23(32)34-25(6,7)8/h10-14H,9H2,1-8H3,(H,28,30)/i15+1. The first kappa shape index (κ1) is 27.3. The highest BCUT2D eigenvalue weighted by atomic mass is 79.9. The molecule has 0 spiro atoms. The highest BCUT2D eigenvalue weighted by Crippen LogP contribution is 2.37. The van der Waals surface area contributed by atoms with Crippen molar-refractivity contribution in [2.45, 2.75) is 73.0 Å². The first-order valence-corrected chi connectivity index (χ1v) is 11.7. The summed E-state index contributed by atoms with van der Waals surface area (Å²) >= 11 is 3.56. The van der Waals surface area contributed by atoms with Gasteiger partial charge in [0.25, 0.3) is 0 Å². The van der Waals surface area contributed by atoms with Crippen LogP contribution in [0.25, 0.3) is 11.1 Å². The summed E-state index contributed by atoms with van der Waals surface area (Å²) < 4.78 is 11.4. The number of rotatable bonds is 4. The van der Waals surface area contributed by atoms with Crippen LogP contribution in [0, 0.1) is 0 Å². The molecule has 0 aliphatic heterocycles. The lowest BCUT2D eigenvalue weighted by atomic mass is 9.99. The summed E-state index contributed by atoms with van der Waals surface area (Å²) in [6, 6.07) is 7.35. The number of nitrogens with zero attached hydrogens (tertiary/aromatic N) is 2. The molecule has 0 fully saturated rings. The molecule has 0 bridgehead atoms. The Hall–Kier alpha value is -2.94. The van der Waals surface area contributed by atoms with E-state index in [2.05, 4.69) is 26.2 Å². The van der Waals surface area contributed by atoms with E-state index in [1.807, 2.05) is 25.1 Å². The number of carbonyl (C=O) groups is 3. The highest BCUT2D eigenvalue weighted by molar-refractivity contribution is 9.10. The Morgan fingerprint density at radius 3 is 2.06 bits per heavy atom. The van der Waals surface area contributed by atoms with Crippen molar-refractivity contribution < 1.29 is 23.9 Å². The Balaban J connectivity index is 2.62. The van der Waals surface area contributed by atoms with E-state index in [0.29, 0.717) is 16.6 Å². The van der Waals surface area contributed by atoms with Crippen LogP contribution in [0.1, 0.15) is 61.0 Å². The summed E-state index contributed by atoms with van der Waals surface area (Å²) in [6.45, 7) is 13.7. The smallest absolute Gasteiger partial charge is 0.425 e. The van der Waals surface area contributed by atoms with Gasteiger partial charge in [-0.25, -0.2) is 14.6 Å². The lowest BCUT2D eigenvalue weighted by molar-refractivity contribution is -0.114. The monoisotopic (exact) mass is 534 g/mol. The molecule has 0 aliphatic rings. The van der Waals surface area contributed by atoms with E-state index >= 15 is 0 Å². The Kier molecular flexibility index (Phi) is 8.47. The quantitative estimate of drug-likeness (QED) is 0.437. The average Bonchev–Trinajstić information content (AvgIpc) is 2.66. The molecule has 1 aromatic heterocycles. The molecule has 34 heavy (non-hydrogen) atoms. The van der Waals surface area contributed by atoms with Gasteiger partial charge in [0, 0.05) is 24.4 Å². The lowest BCUT2D eigenvalue weighted by Gasteiger charge is -2.29. The number of nitrogens with one attached hydrogen (secondary N) is 1. The Morgan fingerprint density at radius 1 is 1.03 bits per heavy atom. The maximum atomic E-state index is 13.0. The van der Waals surface area contributed by atoms with Crippen molar-refractivity contribution in [3.8, 4) is 11.1 Å². The van der Waals surface area contributed by atoms with Gasteiger partial charge in [0.05, 0.1) is 4.47 Å². The summed E-state index contributed by atoms with van der Waals surface area (Å²) in [7, 11) is 0. The van der Waals surface area contributed by atoms with Gasteiger partial charge in [-0.15, -0.1) is 0 Å². The third-order valence-corrected chi connectivity index (χ3v) is 5.15. The molecule has 9 heteroatoms. The van der Waals surface area contributed by atoms with Gasteiger partial charge in [0.2, 0.25) is 5.91 Å². The molecule has 0 radical (unpaired) electrons. The normalized spacial score (nSPS) is 11.6. The van der Waals surface area contributed by atoms with Crippen molar-refractivity contribution >= 4 is 45.5 Å². The van der Waals surface area contributed by atoms with Gasteiger partial charge in [-0.1, -0.05) is 19.1 Å². The molecule has 2 aromatic rings. The molecule has 1 N–H and O–H groups in total. The second kappa shape index (κ2) is 10.5. The predicted molar refractivity (Wildman–Crippen MR) is 136 cm³/mol. The van der Waals surface area contributed by atoms with Crippen LogP contribution < -0.4 is 10.2 Å². The predicted octanol–water partition coefficient (Wildman–Crippen LogP) is 6.71. The number of hydrogen-bond acceptors (Lipinski definition) is 6. The van der Waals surface area contributed by atoms with Crippen LogP contribution in [0.15, 0.2) is 34.9 Å². The van der Waals surface area contributed by atoms with Gasteiger partial charge in [-0.3, -0.25) is 4.79 Å². The van der Waals surface area contributed by atoms with Crippen molar-refractivity contribution in [3.63, 3.8) is 0 Å². The van der Waals surface area contributed by atoms with Crippen LogP contribution in [0.4, 0.5) is 21.1 Å². The van der Waals surface area contributed by atoms with Crippen molar-refractivity contribution in [2.24, 2.45) is 0 Å². The molecule has 0 atom stereocenters. The van der Waals surface area contributed by atoms with Gasteiger partial charge < -0.3 is 14.8 Å². The first-order chi connectivity index (χ1) is 15.6. The zero-order valence-corrected chi connectivity index (χ0v) is 22.5. The fourth-order valence-corrected chi connectivity index (χ4v) is 3.87. The van der Waals surface area contributed by atoms with E-state index < -0.39 is 23.4 Å². The Labute approximate surface area is 209 Å². The van der Waals surface area contributed by atoms with E-state index in [4.69, 9.17) is 9.47 Å². The van der Waals surface area contributed by atoms with Crippen LogP contribution in [0.3, 0.4) is 0 Å². The molecule has 0 saturated carbocycles. The number of ether oxygens (including phenoxy) is 2. The van der Waals surface area contributed by atoms with Gasteiger partial charge in [0.1, 0.15) is 11.2 Å². The maximum absolute atomic E-state index is 13.0. The molecule has 3 amide bonds. The minimum absolute atomic E-state index is 0.0714. The van der Waals surface area contributed by atoms with E-state index in [0.717, 1.165) is 21.6 Å². The molecule has 1 heterocycles. The zero-order chi connectivity index (χ0) is 25.8.